The molecule has 52 heavy (non-hydrogen) atoms. The van der Waals surface area contributed by atoms with E-state index in [0.29, 0.717) is 5.56 Å². The van der Waals surface area contributed by atoms with Crippen molar-refractivity contribution in [3.63, 3.8) is 0 Å². The van der Waals surface area contributed by atoms with Gasteiger partial charge in [0.25, 0.3) is 0 Å². The molecule has 0 N–H and O–H groups in total. The number of hydrogen-bond acceptors (Lipinski definition) is 2. The van der Waals surface area contributed by atoms with Crippen LogP contribution in [0.5, 0.6) is 0 Å². The van der Waals surface area contributed by atoms with Crippen LogP contribution >= 0.6 is 0 Å². The molecule has 9 aromatic carbocycles. The van der Waals surface area contributed by atoms with Crippen molar-refractivity contribution < 1.29 is 0 Å². The van der Waals surface area contributed by atoms with Crippen LogP contribution in [0.3, 0.4) is 0 Å². The van der Waals surface area contributed by atoms with Gasteiger partial charge in [0.1, 0.15) is 5.82 Å². The van der Waals surface area contributed by atoms with Crippen LogP contribution in [0.1, 0.15) is 11.4 Å². The Hall–Kier alpha value is -7.02. The van der Waals surface area contributed by atoms with Crippen molar-refractivity contribution in [1.29, 1.82) is 5.26 Å². The number of nitriles is 1. The van der Waals surface area contributed by atoms with Gasteiger partial charge in [-0.3, -0.25) is 4.57 Å². The molecule has 242 valence electrons. The van der Waals surface area contributed by atoms with Gasteiger partial charge in [-0.25, -0.2) is 4.98 Å². The van der Waals surface area contributed by atoms with Gasteiger partial charge >= 0.3 is 0 Å². The van der Waals surface area contributed by atoms with E-state index in [4.69, 9.17) is 4.98 Å². The monoisotopic (exact) mass is 661 g/mol. The molecule has 0 saturated carbocycles. The molecule has 0 amide bonds. The summed E-state index contributed by atoms with van der Waals surface area (Å²) in [5.74, 6) is 0.957. The number of nitrogens with zero attached hydrogens (tertiary/aromatic N) is 3. The van der Waals surface area contributed by atoms with E-state index in [1.807, 2.05) is 12.1 Å². The standard InChI is InChI=1S/C49H31N3/c1-31-51-46-21-6-7-22-47(46)52(31)37-16-8-15-35(28-37)36-24-26-43-45(29-36)49(41-20-10-14-34-12-3-5-18-39(34)41)42-25-23-32(30-50)27-44(42)48(43)40-19-9-13-33-11-2-4-17-38(33)40/h2-29H,1H3. The average Bonchev–Trinajstić information content (AvgIpc) is 3.55. The van der Waals surface area contributed by atoms with Crippen molar-refractivity contribution in [2.75, 3.05) is 0 Å². The number of rotatable bonds is 4. The van der Waals surface area contributed by atoms with E-state index < -0.39 is 0 Å². The van der Waals surface area contributed by atoms with E-state index in [1.54, 1.807) is 0 Å². The first-order chi connectivity index (χ1) is 25.7. The second kappa shape index (κ2) is 11.8. The van der Waals surface area contributed by atoms with Crippen molar-refractivity contribution in [2.45, 2.75) is 6.92 Å². The van der Waals surface area contributed by atoms with Crippen molar-refractivity contribution in [1.82, 2.24) is 9.55 Å². The topological polar surface area (TPSA) is 41.6 Å². The molecule has 0 atom stereocenters. The van der Waals surface area contributed by atoms with Gasteiger partial charge in [-0.05, 0) is 126 Å². The summed E-state index contributed by atoms with van der Waals surface area (Å²) in [5, 5.41) is 19.4. The maximum absolute atomic E-state index is 10.1. The van der Waals surface area contributed by atoms with Crippen LogP contribution in [-0.2, 0) is 0 Å². The quantitative estimate of drug-likeness (QED) is 0.176. The van der Waals surface area contributed by atoms with E-state index in [9.17, 15) is 5.26 Å². The molecule has 0 radical (unpaired) electrons. The largest absolute Gasteiger partial charge is 0.297 e. The van der Waals surface area contributed by atoms with Gasteiger partial charge in [0.05, 0.1) is 22.7 Å². The molecule has 0 aliphatic carbocycles. The summed E-state index contributed by atoms with van der Waals surface area (Å²) in [6, 6.07) is 62.9. The lowest BCUT2D eigenvalue weighted by Gasteiger charge is -2.21. The summed E-state index contributed by atoms with van der Waals surface area (Å²) in [4.78, 5) is 4.85. The molecule has 1 heterocycles. The number of aryl methyl sites for hydroxylation is 1. The number of benzene rings is 9. The fraction of sp³-hybridized carbons (Fsp3) is 0.0204. The highest BCUT2D eigenvalue weighted by atomic mass is 15.1. The SMILES string of the molecule is Cc1nc2ccccc2n1-c1cccc(-c2ccc3c(-c4cccc5ccccc45)c4cc(C#N)ccc4c(-c4cccc5ccccc45)c3c2)c1. The Bertz CT molecular complexity index is 3090. The van der Waals surface area contributed by atoms with Gasteiger partial charge in [0.15, 0.2) is 0 Å². The molecular formula is C49H31N3. The molecule has 1 aromatic heterocycles. The lowest BCUT2D eigenvalue weighted by Crippen LogP contribution is -1.97. The predicted octanol–water partition coefficient (Wildman–Crippen LogP) is 12.8. The maximum atomic E-state index is 10.1. The van der Waals surface area contributed by atoms with Gasteiger partial charge in [0.2, 0.25) is 0 Å². The lowest BCUT2D eigenvalue weighted by atomic mass is 9.82. The molecular weight excluding hydrogens is 631 g/mol. The third kappa shape index (κ3) is 4.62. The summed E-state index contributed by atoms with van der Waals surface area (Å²) in [7, 11) is 0. The Labute approximate surface area is 301 Å². The van der Waals surface area contributed by atoms with Crippen LogP contribution in [0.2, 0.25) is 0 Å². The molecule has 10 rings (SSSR count). The molecule has 0 fully saturated rings. The van der Waals surface area contributed by atoms with Gasteiger partial charge in [-0.1, -0.05) is 127 Å². The third-order valence-electron chi connectivity index (χ3n) is 10.5. The number of imidazole rings is 1. The minimum Gasteiger partial charge on any atom is -0.297 e. The highest BCUT2D eigenvalue weighted by molar-refractivity contribution is 6.25. The van der Waals surface area contributed by atoms with Crippen LogP contribution in [0, 0.1) is 18.3 Å². The number of aromatic nitrogens is 2. The van der Waals surface area contributed by atoms with Crippen LogP contribution in [0.4, 0.5) is 0 Å². The first-order valence-electron chi connectivity index (χ1n) is 17.6. The molecule has 0 spiro atoms. The van der Waals surface area contributed by atoms with Crippen molar-refractivity contribution in [2.24, 2.45) is 0 Å². The van der Waals surface area contributed by atoms with Gasteiger partial charge < -0.3 is 0 Å². The molecule has 3 nitrogen and oxygen atoms in total. The Morgan fingerprint density at radius 2 is 1.06 bits per heavy atom. The zero-order valence-corrected chi connectivity index (χ0v) is 28.5. The Balaban J connectivity index is 1.32. The summed E-state index contributed by atoms with van der Waals surface area (Å²) < 4.78 is 2.24. The van der Waals surface area contributed by atoms with Crippen molar-refractivity contribution in [3.05, 3.63) is 181 Å². The fourth-order valence-corrected chi connectivity index (χ4v) is 8.24. The Morgan fingerprint density at radius 1 is 0.481 bits per heavy atom. The zero-order valence-electron chi connectivity index (χ0n) is 28.5. The van der Waals surface area contributed by atoms with Gasteiger partial charge in [-0.2, -0.15) is 5.26 Å². The van der Waals surface area contributed by atoms with E-state index in [-0.39, 0.29) is 0 Å². The first kappa shape index (κ1) is 29.9. The zero-order chi connectivity index (χ0) is 34.8. The fourth-order valence-electron chi connectivity index (χ4n) is 8.24. The highest BCUT2D eigenvalue weighted by Crippen LogP contribution is 2.48. The van der Waals surface area contributed by atoms with Crippen molar-refractivity contribution in [3.8, 4) is 45.1 Å². The van der Waals surface area contributed by atoms with Gasteiger partial charge in [0, 0.05) is 5.69 Å². The van der Waals surface area contributed by atoms with Crippen molar-refractivity contribution >= 4 is 54.1 Å². The summed E-state index contributed by atoms with van der Waals surface area (Å²) >= 11 is 0. The van der Waals surface area contributed by atoms with Gasteiger partial charge in [-0.15, -0.1) is 0 Å². The van der Waals surface area contributed by atoms with E-state index in [2.05, 4.69) is 175 Å². The lowest BCUT2D eigenvalue weighted by molar-refractivity contribution is 1.00. The number of para-hydroxylation sites is 2. The molecule has 0 bridgehead atoms. The molecule has 0 aliphatic rings. The first-order valence-corrected chi connectivity index (χ1v) is 17.6. The second-order valence-electron chi connectivity index (χ2n) is 13.5. The second-order valence-corrected chi connectivity index (χ2v) is 13.5. The summed E-state index contributed by atoms with van der Waals surface area (Å²) in [6.45, 7) is 2.07. The smallest absolute Gasteiger partial charge is 0.111 e. The third-order valence-corrected chi connectivity index (χ3v) is 10.5. The average molecular weight is 662 g/mol. The summed E-state index contributed by atoms with van der Waals surface area (Å²) in [5.41, 5.74) is 10.7. The minimum atomic E-state index is 0.646. The molecule has 10 aromatic rings. The Morgan fingerprint density at radius 3 is 1.77 bits per heavy atom. The number of hydrogen-bond donors (Lipinski definition) is 0. The number of fused-ring (bicyclic) bond motifs is 5. The minimum absolute atomic E-state index is 0.646. The van der Waals surface area contributed by atoms with Crippen LogP contribution in [0.25, 0.3) is 93.2 Å². The molecule has 3 heteroatoms. The molecule has 0 aliphatic heterocycles. The van der Waals surface area contributed by atoms with Crippen LogP contribution in [0.15, 0.2) is 170 Å². The summed E-state index contributed by atoms with van der Waals surface area (Å²) in [6.07, 6.45) is 0. The van der Waals surface area contributed by atoms with Crippen LogP contribution < -0.4 is 0 Å². The predicted molar refractivity (Wildman–Crippen MR) is 217 cm³/mol. The maximum Gasteiger partial charge on any atom is 0.111 e. The van der Waals surface area contributed by atoms with Crippen LogP contribution in [-0.4, -0.2) is 9.55 Å². The highest BCUT2D eigenvalue weighted by Gasteiger charge is 2.21. The Kier molecular flexibility index (Phi) is 6.77. The molecule has 0 saturated heterocycles. The normalized spacial score (nSPS) is 11.5. The van der Waals surface area contributed by atoms with E-state index in [1.165, 1.54) is 38.1 Å². The molecule has 0 unspecified atom stereocenters. The van der Waals surface area contributed by atoms with E-state index in [0.717, 1.165) is 61.0 Å². The van der Waals surface area contributed by atoms with E-state index >= 15 is 0 Å².